The van der Waals surface area contributed by atoms with Crippen LogP contribution >= 0.6 is 0 Å². The van der Waals surface area contributed by atoms with Gasteiger partial charge in [0.2, 0.25) is 5.91 Å². The Labute approximate surface area is 133 Å². The van der Waals surface area contributed by atoms with Crippen LogP contribution in [0.15, 0.2) is 30.3 Å². The average molecular weight is 298 g/mol. The zero-order valence-electron chi connectivity index (χ0n) is 13.5. The van der Waals surface area contributed by atoms with Gasteiger partial charge in [0.25, 0.3) is 0 Å². The van der Waals surface area contributed by atoms with E-state index in [1.807, 2.05) is 6.07 Å². The minimum atomic E-state index is 0.0824. The highest BCUT2D eigenvalue weighted by Gasteiger charge is 2.49. The Morgan fingerprint density at radius 1 is 1.09 bits per heavy atom. The number of nitrogens with zero attached hydrogens (tertiary/aromatic N) is 2. The summed E-state index contributed by atoms with van der Waals surface area (Å²) in [6, 6.07) is 11.0. The smallest absolute Gasteiger partial charge is 0.230 e. The van der Waals surface area contributed by atoms with Gasteiger partial charge in [-0.3, -0.25) is 4.79 Å². The summed E-state index contributed by atoms with van der Waals surface area (Å²) >= 11 is 0. The molecule has 1 atom stereocenters. The first kappa shape index (κ1) is 14.3. The first-order valence-corrected chi connectivity index (χ1v) is 8.71. The Balaban J connectivity index is 1.64. The molecule has 3 fully saturated rings. The van der Waals surface area contributed by atoms with E-state index in [1.165, 1.54) is 44.3 Å². The lowest BCUT2D eigenvalue weighted by Gasteiger charge is -2.49. The van der Waals surface area contributed by atoms with Crippen molar-refractivity contribution >= 4 is 5.91 Å². The summed E-state index contributed by atoms with van der Waals surface area (Å²) in [5.74, 6) is 0.470. The molecule has 1 spiro atoms. The highest BCUT2D eigenvalue weighted by molar-refractivity contribution is 5.85. The third-order valence-corrected chi connectivity index (χ3v) is 5.96. The molecule has 4 rings (SSSR count). The van der Waals surface area contributed by atoms with Crippen molar-refractivity contribution in [3.63, 3.8) is 0 Å². The zero-order valence-corrected chi connectivity index (χ0v) is 13.5. The molecule has 1 aromatic rings. The Morgan fingerprint density at radius 2 is 1.77 bits per heavy atom. The summed E-state index contributed by atoms with van der Waals surface area (Å²) in [6.45, 7) is 3.36. The molecule has 0 radical (unpaired) electrons. The van der Waals surface area contributed by atoms with Crippen LogP contribution in [-0.2, 0) is 4.79 Å². The van der Waals surface area contributed by atoms with Crippen molar-refractivity contribution in [1.82, 2.24) is 9.80 Å². The van der Waals surface area contributed by atoms with Crippen molar-refractivity contribution in [2.75, 3.05) is 26.7 Å². The largest absolute Gasteiger partial charge is 0.339 e. The van der Waals surface area contributed by atoms with E-state index in [1.54, 1.807) is 0 Å². The summed E-state index contributed by atoms with van der Waals surface area (Å²) in [4.78, 5) is 17.7. The van der Waals surface area contributed by atoms with Crippen molar-refractivity contribution < 1.29 is 4.79 Å². The number of rotatable bonds is 2. The summed E-state index contributed by atoms with van der Waals surface area (Å²) < 4.78 is 0. The van der Waals surface area contributed by atoms with Gasteiger partial charge in [-0.2, -0.15) is 0 Å². The molecule has 1 amide bonds. The average Bonchev–Trinajstić information content (AvgIpc) is 3.38. The molecule has 1 saturated carbocycles. The number of likely N-dealkylation sites (tertiary alicyclic amines) is 2. The van der Waals surface area contributed by atoms with Gasteiger partial charge in [0.15, 0.2) is 0 Å². The standard InChI is InChI=1S/C19H26N2O/c1-20-11-9-19(10-12-20)13-17(15-5-3-2-4-6-15)18(22)21(14-19)16-7-8-16/h2-6,16-17H,7-14H2,1H3. The molecule has 3 heteroatoms. The predicted molar refractivity (Wildman–Crippen MR) is 87.7 cm³/mol. The zero-order chi connectivity index (χ0) is 15.2. The van der Waals surface area contributed by atoms with Crippen molar-refractivity contribution in [2.24, 2.45) is 5.41 Å². The van der Waals surface area contributed by atoms with Crippen LogP contribution in [0, 0.1) is 5.41 Å². The third-order valence-electron chi connectivity index (χ3n) is 5.96. The molecule has 3 nitrogen and oxygen atoms in total. The van der Waals surface area contributed by atoms with Crippen molar-refractivity contribution in [3.05, 3.63) is 35.9 Å². The lowest BCUT2D eigenvalue weighted by molar-refractivity contribution is -0.142. The van der Waals surface area contributed by atoms with Crippen LogP contribution in [0.2, 0.25) is 0 Å². The molecular formula is C19H26N2O. The normalized spacial score (nSPS) is 29.0. The monoisotopic (exact) mass is 298 g/mol. The van der Waals surface area contributed by atoms with E-state index in [4.69, 9.17) is 0 Å². The summed E-state index contributed by atoms with van der Waals surface area (Å²) in [5.41, 5.74) is 1.57. The van der Waals surface area contributed by atoms with Crippen molar-refractivity contribution in [3.8, 4) is 0 Å². The number of carbonyl (C=O) groups excluding carboxylic acids is 1. The Hall–Kier alpha value is -1.35. The molecule has 0 aromatic heterocycles. The maximum Gasteiger partial charge on any atom is 0.230 e. The van der Waals surface area contributed by atoms with Crippen molar-refractivity contribution in [2.45, 2.75) is 44.1 Å². The molecule has 1 aliphatic carbocycles. The van der Waals surface area contributed by atoms with Gasteiger partial charge >= 0.3 is 0 Å². The van der Waals surface area contributed by atoms with Gasteiger partial charge in [0.1, 0.15) is 0 Å². The highest BCUT2D eigenvalue weighted by Crippen LogP contribution is 2.48. The maximum atomic E-state index is 13.0. The van der Waals surface area contributed by atoms with Crippen molar-refractivity contribution in [1.29, 1.82) is 0 Å². The Kier molecular flexibility index (Phi) is 3.48. The number of carbonyl (C=O) groups is 1. The fraction of sp³-hybridized carbons (Fsp3) is 0.632. The molecule has 0 N–H and O–H groups in total. The number of amides is 1. The first-order chi connectivity index (χ1) is 10.7. The van der Waals surface area contributed by atoms with E-state index in [0.29, 0.717) is 17.4 Å². The number of hydrogen-bond donors (Lipinski definition) is 0. The van der Waals surface area contributed by atoms with Crippen LogP contribution in [0.25, 0.3) is 0 Å². The molecule has 2 aliphatic heterocycles. The van der Waals surface area contributed by atoms with E-state index in [2.05, 4.69) is 41.1 Å². The lowest BCUT2D eigenvalue weighted by Crippen LogP contribution is -2.54. The number of benzene rings is 1. The second-order valence-corrected chi connectivity index (χ2v) is 7.67. The van der Waals surface area contributed by atoms with Gasteiger partial charge in [-0.15, -0.1) is 0 Å². The van der Waals surface area contributed by atoms with Gasteiger partial charge in [0.05, 0.1) is 5.92 Å². The number of piperidine rings is 2. The van der Waals surface area contributed by atoms with Gasteiger partial charge in [-0.05, 0) is 63.2 Å². The first-order valence-electron chi connectivity index (χ1n) is 8.71. The van der Waals surface area contributed by atoms with Gasteiger partial charge in [0, 0.05) is 12.6 Å². The highest BCUT2D eigenvalue weighted by atomic mass is 16.2. The van der Waals surface area contributed by atoms with E-state index in [0.717, 1.165) is 13.0 Å². The third kappa shape index (κ3) is 2.56. The van der Waals surface area contributed by atoms with Gasteiger partial charge in [-0.1, -0.05) is 30.3 Å². The van der Waals surface area contributed by atoms with Gasteiger partial charge in [-0.25, -0.2) is 0 Å². The van der Waals surface area contributed by atoms with Crippen LogP contribution in [-0.4, -0.2) is 48.4 Å². The van der Waals surface area contributed by atoms with Crippen LogP contribution in [0.3, 0.4) is 0 Å². The molecule has 1 aromatic carbocycles. The van der Waals surface area contributed by atoms with Crippen LogP contribution in [0.1, 0.15) is 43.6 Å². The molecule has 22 heavy (non-hydrogen) atoms. The quantitative estimate of drug-likeness (QED) is 0.838. The Morgan fingerprint density at radius 3 is 2.41 bits per heavy atom. The molecule has 1 unspecified atom stereocenters. The molecular weight excluding hydrogens is 272 g/mol. The van der Waals surface area contributed by atoms with E-state index >= 15 is 0 Å². The van der Waals surface area contributed by atoms with E-state index in [9.17, 15) is 4.79 Å². The summed E-state index contributed by atoms with van der Waals surface area (Å²) in [5, 5.41) is 0. The SMILES string of the molecule is CN1CCC2(CC1)CC(c1ccccc1)C(=O)N(C1CC1)C2. The second-order valence-electron chi connectivity index (χ2n) is 7.67. The van der Waals surface area contributed by atoms with E-state index < -0.39 is 0 Å². The minimum absolute atomic E-state index is 0.0824. The fourth-order valence-electron chi connectivity index (χ4n) is 4.32. The van der Waals surface area contributed by atoms with E-state index in [-0.39, 0.29) is 5.92 Å². The molecule has 118 valence electrons. The molecule has 0 bridgehead atoms. The molecule has 2 heterocycles. The summed E-state index contributed by atoms with van der Waals surface area (Å²) in [6.07, 6.45) is 5.95. The molecule has 2 saturated heterocycles. The fourth-order valence-corrected chi connectivity index (χ4v) is 4.32. The second kappa shape index (κ2) is 5.38. The van der Waals surface area contributed by atoms with Crippen LogP contribution in [0.5, 0.6) is 0 Å². The number of hydrogen-bond acceptors (Lipinski definition) is 2. The van der Waals surface area contributed by atoms with Crippen LogP contribution < -0.4 is 0 Å². The topological polar surface area (TPSA) is 23.6 Å². The maximum absolute atomic E-state index is 13.0. The van der Waals surface area contributed by atoms with Crippen LogP contribution in [0.4, 0.5) is 0 Å². The van der Waals surface area contributed by atoms with Gasteiger partial charge < -0.3 is 9.80 Å². The predicted octanol–water partition coefficient (Wildman–Crippen LogP) is 2.88. The Bertz CT molecular complexity index is 544. The lowest BCUT2D eigenvalue weighted by atomic mass is 9.67. The summed E-state index contributed by atoms with van der Waals surface area (Å²) in [7, 11) is 2.22. The minimum Gasteiger partial charge on any atom is -0.339 e. The molecule has 3 aliphatic rings.